The van der Waals surface area contributed by atoms with Gasteiger partial charge in [-0.2, -0.15) is 5.26 Å². The third-order valence-corrected chi connectivity index (χ3v) is 7.39. The van der Waals surface area contributed by atoms with E-state index in [-0.39, 0.29) is 24.2 Å². The van der Waals surface area contributed by atoms with Crippen LogP contribution in [0.2, 0.25) is 0 Å². The van der Waals surface area contributed by atoms with Crippen molar-refractivity contribution < 1.29 is 13.2 Å². The van der Waals surface area contributed by atoms with E-state index in [0.717, 1.165) is 37.3 Å². The van der Waals surface area contributed by atoms with E-state index in [1.807, 2.05) is 11.0 Å². The summed E-state index contributed by atoms with van der Waals surface area (Å²) in [5.74, 6) is -2.17. The standard InChI is InChI=1S/C29H32F3N7/c1-18-8-21(34)17-39(14-18)27-4-6-35-13-26(27)36-12-22-2-3-23(30)29(37-22)28-24(31)9-20(10-25(28)32)16-38-7-5-19(11-33)15-38/h2-4,6,9-10,13,18-19,21,36H,5,7-8,12,14-17,34H2,1H3/t18-,19+,21+/m1/s1. The largest absolute Gasteiger partial charge is 0.376 e. The van der Waals surface area contributed by atoms with E-state index in [2.05, 4.69) is 33.2 Å². The van der Waals surface area contributed by atoms with E-state index in [9.17, 15) is 4.39 Å². The fraction of sp³-hybridized carbons (Fsp3) is 0.414. The van der Waals surface area contributed by atoms with Crippen molar-refractivity contribution in [2.45, 2.75) is 38.9 Å². The molecular weight excluding hydrogens is 503 g/mol. The highest BCUT2D eigenvalue weighted by atomic mass is 19.1. The van der Waals surface area contributed by atoms with Gasteiger partial charge in [0.05, 0.1) is 47.4 Å². The number of aromatic nitrogens is 2. The van der Waals surface area contributed by atoms with Gasteiger partial charge in [-0.3, -0.25) is 9.88 Å². The molecule has 0 unspecified atom stereocenters. The third-order valence-electron chi connectivity index (χ3n) is 7.39. The van der Waals surface area contributed by atoms with Crippen molar-refractivity contribution in [1.29, 1.82) is 5.26 Å². The number of nitrogens with two attached hydrogens (primary N) is 1. The lowest BCUT2D eigenvalue weighted by molar-refractivity contribution is 0.324. The minimum Gasteiger partial charge on any atom is -0.376 e. The smallest absolute Gasteiger partial charge is 0.149 e. The molecule has 0 amide bonds. The maximum absolute atomic E-state index is 15.1. The molecule has 1 aromatic carbocycles. The van der Waals surface area contributed by atoms with Gasteiger partial charge in [0.1, 0.15) is 23.1 Å². The summed E-state index contributed by atoms with van der Waals surface area (Å²) in [5.41, 5.74) is 7.96. The molecule has 4 heterocycles. The van der Waals surface area contributed by atoms with E-state index >= 15 is 8.78 Å². The van der Waals surface area contributed by atoms with E-state index in [0.29, 0.717) is 36.8 Å². The van der Waals surface area contributed by atoms with Crippen molar-refractivity contribution in [2.24, 2.45) is 17.6 Å². The second-order valence-corrected chi connectivity index (χ2v) is 10.7. The predicted octanol–water partition coefficient (Wildman–Crippen LogP) is 4.69. The molecule has 0 aliphatic carbocycles. The first-order chi connectivity index (χ1) is 18.8. The SMILES string of the molecule is C[C@@H]1C[C@H](N)CN(c2ccncc2NCc2ccc(F)c(-c3c(F)cc(CN4CC[C@@H](C#N)C4)cc3F)n2)C1. The van der Waals surface area contributed by atoms with Crippen LogP contribution in [0, 0.1) is 40.6 Å². The van der Waals surface area contributed by atoms with E-state index in [1.165, 1.54) is 24.3 Å². The average molecular weight is 536 g/mol. The molecule has 7 nitrogen and oxygen atoms in total. The minimum absolute atomic E-state index is 0.0719. The van der Waals surface area contributed by atoms with E-state index in [4.69, 9.17) is 11.0 Å². The lowest BCUT2D eigenvalue weighted by Crippen LogP contribution is -2.46. The number of hydrogen-bond acceptors (Lipinski definition) is 7. The molecule has 3 N–H and O–H groups in total. The van der Waals surface area contributed by atoms with Crippen LogP contribution in [0.15, 0.2) is 42.7 Å². The normalized spacial score (nSPS) is 21.6. The summed E-state index contributed by atoms with van der Waals surface area (Å²) in [5, 5.41) is 12.4. The van der Waals surface area contributed by atoms with Crippen LogP contribution in [-0.4, -0.2) is 47.1 Å². The van der Waals surface area contributed by atoms with Crippen LogP contribution in [0.25, 0.3) is 11.3 Å². The van der Waals surface area contributed by atoms with Gasteiger partial charge in [0.2, 0.25) is 0 Å². The van der Waals surface area contributed by atoms with Gasteiger partial charge in [-0.1, -0.05) is 6.92 Å². The molecule has 204 valence electrons. The summed E-state index contributed by atoms with van der Waals surface area (Å²) in [6.45, 7) is 5.55. The lowest BCUT2D eigenvalue weighted by Gasteiger charge is -2.37. The van der Waals surface area contributed by atoms with Crippen molar-refractivity contribution in [3.8, 4) is 17.3 Å². The maximum atomic E-state index is 15.1. The number of pyridine rings is 2. The van der Waals surface area contributed by atoms with Crippen LogP contribution in [0.3, 0.4) is 0 Å². The summed E-state index contributed by atoms with van der Waals surface area (Å²) >= 11 is 0. The van der Waals surface area contributed by atoms with E-state index in [1.54, 1.807) is 12.4 Å². The number of halogens is 3. The van der Waals surface area contributed by atoms with Crippen molar-refractivity contribution in [1.82, 2.24) is 14.9 Å². The lowest BCUT2D eigenvalue weighted by atomic mass is 9.96. The number of anilines is 2. The molecule has 2 saturated heterocycles. The molecule has 2 aromatic heterocycles. The molecule has 2 aliphatic rings. The number of nitriles is 1. The summed E-state index contributed by atoms with van der Waals surface area (Å²) in [6.07, 6.45) is 5.14. The highest BCUT2D eigenvalue weighted by molar-refractivity contribution is 5.69. The molecule has 2 aliphatic heterocycles. The quantitative estimate of drug-likeness (QED) is 0.453. The van der Waals surface area contributed by atoms with Crippen molar-refractivity contribution in [3.63, 3.8) is 0 Å². The Morgan fingerprint density at radius 3 is 2.62 bits per heavy atom. The van der Waals surface area contributed by atoms with Gasteiger partial charge < -0.3 is 16.0 Å². The molecule has 10 heteroatoms. The second-order valence-electron chi connectivity index (χ2n) is 10.7. The van der Waals surface area contributed by atoms with Crippen molar-refractivity contribution >= 4 is 11.4 Å². The number of rotatable bonds is 7. The highest BCUT2D eigenvalue weighted by Gasteiger charge is 2.25. The van der Waals surface area contributed by atoms with Crippen LogP contribution in [-0.2, 0) is 13.1 Å². The van der Waals surface area contributed by atoms with Crippen LogP contribution < -0.4 is 16.0 Å². The Labute approximate surface area is 226 Å². The second kappa shape index (κ2) is 11.6. The van der Waals surface area contributed by atoms with Gasteiger partial charge >= 0.3 is 0 Å². The molecule has 0 bridgehead atoms. The third kappa shape index (κ3) is 6.15. The Balaban J connectivity index is 1.33. The Hall–Kier alpha value is -3.68. The summed E-state index contributed by atoms with van der Waals surface area (Å²) in [6, 6.07) is 9.34. The number of piperidine rings is 1. The van der Waals surface area contributed by atoms with Gasteiger partial charge in [-0.25, -0.2) is 18.2 Å². The van der Waals surface area contributed by atoms with Crippen molar-refractivity contribution in [3.05, 3.63) is 71.4 Å². The molecular formula is C29H32F3N7. The Morgan fingerprint density at radius 1 is 1.10 bits per heavy atom. The topological polar surface area (TPSA) is 94.1 Å². The number of likely N-dealkylation sites (tertiary alicyclic amines) is 1. The number of benzene rings is 1. The fourth-order valence-electron chi connectivity index (χ4n) is 5.62. The Bertz CT molecular complexity index is 1340. The number of nitrogens with one attached hydrogen (secondary N) is 1. The molecule has 3 aromatic rings. The van der Waals surface area contributed by atoms with Crippen LogP contribution >= 0.6 is 0 Å². The van der Waals surface area contributed by atoms with Crippen LogP contribution in [0.5, 0.6) is 0 Å². The zero-order valence-corrected chi connectivity index (χ0v) is 21.9. The van der Waals surface area contributed by atoms with Gasteiger partial charge in [0.25, 0.3) is 0 Å². The molecule has 5 rings (SSSR count). The summed E-state index contributed by atoms with van der Waals surface area (Å²) < 4.78 is 45.1. The molecule has 0 saturated carbocycles. The zero-order valence-electron chi connectivity index (χ0n) is 21.9. The molecule has 3 atom stereocenters. The minimum atomic E-state index is -0.873. The number of nitrogens with zero attached hydrogens (tertiary/aromatic N) is 5. The highest BCUT2D eigenvalue weighted by Crippen LogP contribution is 2.31. The fourth-order valence-corrected chi connectivity index (χ4v) is 5.62. The first-order valence-electron chi connectivity index (χ1n) is 13.2. The Morgan fingerprint density at radius 2 is 1.90 bits per heavy atom. The van der Waals surface area contributed by atoms with Gasteiger partial charge in [-0.05, 0) is 61.2 Å². The van der Waals surface area contributed by atoms with Gasteiger partial charge in [0.15, 0.2) is 0 Å². The predicted molar refractivity (Wildman–Crippen MR) is 144 cm³/mol. The maximum Gasteiger partial charge on any atom is 0.149 e. The monoisotopic (exact) mass is 535 g/mol. The van der Waals surface area contributed by atoms with Gasteiger partial charge in [-0.15, -0.1) is 0 Å². The average Bonchev–Trinajstić information content (AvgIpc) is 3.35. The first kappa shape index (κ1) is 26.9. The van der Waals surface area contributed by atoms with Crippen LogP contribution in [0.1, 0.15) is 31.0 Å². The summed E-state index contributed by atoms with van der Waals surface area (Å²) in [7, 11) is 0. The molecule has 39 heavy (non-hydrogen) atoms. The van der Waals surface area contributed by atoms with Gasteiger partial charge in [0, 0.05) is 38.4 Å². The molecule has 2 fully saturated rings. The summed E-state index contributed by atoms with van der Waals surface area (Å²) in [4.78, 5) is 12.7. The van der Waals surface area contributed by atoms with E-state index < -0.39 is 23.0 Å². The molecule has 0 spiro atoms. The molecule has 0 radical (unpaired) electrons. The first-order valence-corrected chi connectivity index (χ1v) is 13.2. The number of hydrogen-bond donors (Lipinski definition) is 2. The Kier molecular flexibility index (Phi) is 8.00. The van der Waals surface area contributed by atoms with Crippen LogP contribution in [0.4, 0.5) is 24.5 Å². The zero-order chi connectivity index (χ0) is 27.5. The van der Waals surface area contributed by atoms with Crippen molar-refractivity contribution in [2.75, 3.05) is 36.4 Å².